The van der Waals surface area contributed by atoms with Gasteiger partial charge in [0, 0.05) is 49.5 Å². The zero-order valence-corrected chi connectivity index (χ0v) is 14.8. The summed E-state index contributed by atoms with van der Waals surface area (Å²) in [5, 5.41) is 11.3. The number of rotatable bonds is 4. The first kappa shape index (κ1) is 16.6. The molecule has 0 N–H and O–H groups in total. The molecule has 1 aromatic rings. The Morgan fingerprint density at radius 3 is 2.52 bits per heavy atom. The molecule has 1 aromatic carbocycles. The molecule has 2 aliphatic carbocycles. The first-order valence-corrected chi connectivity index (χ1v) is 9.59. The van der Waals surface area contributed by atoms with Crippen molar-refractivity contribution in [2.45, 2.75) is 44.6 Å². The molecule has 0 spiro atoms. The minimum absolute atomic E-state index is 0.231. The van der Waals surface area contributed by atoms with E-state index in [1.54, 1.807) is 6.07 Å². The Morgan fingerprint density at radius 1 is 1.12 bits per heavy atom. The van der Waals surface area contributed by atoms with Gasteiger partial charge in [-0.3, -0.25) is 15.0 Å². The Labute approximate surface area is 149 Å². The summed E-state index contributed by atoms with van der Waals surface area (Å²) in [6.45, 7) is 8.51. The number of hydrogen-bond donors (Lipinski definition) is 0. The van der Waals surface area contributed by atoms with Crippen LogP contribution in [0.25, 0.3) is 0 Å². The molecule has 1 atom stereocenters. The van der Waals surface area contributed by atoms with Crippen LogP contribution in [0.4, 0.5) is 5.69 Å². The van der Waals surface area contributed by atoms with Crippen molar-refractivity contribution in [2.75, 3.05) is 26.2 Å². The van der Waals surface area contributed by atoms with Crippen LogP contribution in [0.3, 0.4) is 0 Å². The number of piperazine rings is 1. The van der Waals surface area contributed by atoms with Gasteiger partial charge in [-0.2, -0.15) is 0 Å². The van der Waals surface area contributed by atoms with Gasteiger partial charge in [0.2, 0.25) is 0 Å². The van der Waals surface area contributed by atoms with Crippen LogP contribution < -0.4 is 0 Å². The lowest BCUT2D eigenvalue weighted by molar-refractivity contribution is -0.385. The lowest BCUT2D eigenvalue weighted by atomic mass is 10.0. The van der Waals surface area contributed by atoms with Crippen molar-refractivity contribution in [3.05, 3.63) is 51.7 Å². The third kappa shape index (κ3) is 3.06. The molecule has 1 saturated heterocycles. The van der Waals surface area contributed by atoms with E-state index in [0.29, 0.717) is 17.6 Å². The number of nitro groups is 1. The van der Waals surface area contributed by atoms with Crippen LogP contribution in [-0.2, 0) is 6.42 Å². The minimum Gasteiger partial charge on any atom is -0.372 e. The van der Waals surface area contributed by atoms with Gasteiger partial charge in [0.1, 0.15) is 0 Å². The van der Waals surface area contributed by atoms with E-state index in [1.807, 2.05) is 6.07 Å². The second-order valence-electron chi connectivity index (χ2n) is 7.65. The molecular weight excluding hydrogens is 314 g/mol. The fourth-order valence-corrected chi connectivity index (χ4v) is 5.00. The fourth-order valence-electron chi connectivity index (χ4n) is 5.00. The lowest BCUT2D eigenvalue weighted by Crippen LogP contribution is -2.47. The van der Waals surface area contributed by atoms with Gasteiger partial charge in [-0.25, -0.2) is 0 Å². The molecule has 1 aliphatic heterocycles. The van der Waals surface area contributed by atoms with E-state index < -0.39 is 0 Å². The van der Waals surface area contributed by atoms with Crippen LogP contribution in [0.15, 0.2) is 30.5 Å². The molecule has 0 radical (unpaired) electrons. The smallest absolute Gasteiger partial charge is 0.272 e. The highest BCUT2D eigenvalue weighted by Gasteiger charge is 2.34. The summed E-state index contributed by atoms with van der Waals surface area (Å²) >= 11 is 0. The molecule has 4 rings (SSSR count). The van der Waals surface area contributed by atoms with Crippen LogP contribution >= 0.6 is 0 Å². The van der Waals surface area contributed by atoms with Gasteiger partial charge >= 0.3 is 0 Å². The summed E-state index contributed by atoms with van der Waals surface area (Å²) in [5.74, 6) is 0.696. The Morgan fingerprint density at radius 2 is 1.84 bits per heavy atom. The van der Waals surface area contributed by atoms with E-state index in [4.69, 9.17) is 0 Å². The van der Waals surface area contributed by atoms with Crippen molar-refractivity contribution >= 4 is 5.69 Å². The molecule has 0 amide bonds. The topological polar surface area (TPSA) is 49.6 Å². The molecule has 2 fully saturated rings. The lowest BCUT2D eigenvalue weighted by Gasteiger charge is -2.41. The Bertz CT molecular complexity index is 674. The summed E-state index contributed by atoms with van der Waals surface area (Å²) < 4.78 is 0. The van der Waals surface area contributed by atoms with Gasteiger partial charge in [-0.1, -0.05) is 31.6 Å². The largest absolute Gasteiger partial charge is 0.372 e. The second-order valence-corrected chi connectivity index (χ2v) is 7.65. The van der Waals surface area contributed by atoms with E-state index in [1.165, 1.54) is 36.9 Å². The van der Waals surface area contributed by atoms with Gasteiger partial charge in [-0.15, -0.1) is 0 Å². The van der Waals surface area contributed by atoms with Gasteiger partial charge < -0.3 is 4.90 Å². The molecule has 134 valence electrons. The Kier molecular flexibility index (Phi) is 4.50. The van der Waals surface area contributed by atoms with E-state index in [0.717, 1.165) is 44.6 Å². The molecule has 3 aliphatic rings. The first-order valence-electron chi connectivity index (χ1n) is 9.59. The molecular formula is C20H27N3O2. The predicted molar refractivity (Wildman–Crippen MR) is 98.4 cm³/mol. The molecule has 25 heavy (non-hydrogen) atoms. The minimum atomic E-state index is -0.231. The number of nitro benzene ring substituents is 1. The summed E-state index contributed by atoms with van der Waals surface area (Å²) in [5.41, 5.74) is 3.78. The van der Waals surface area contributed by atoms with Crippen molar-refractivity contribution in [3.8, 4) is 0 Å². The van der Waals surface area contributed by atoms with Crippen LogP contribution in [0, 0.1) is 16.0 Å². The maximum absolute atomic E-state index is 11.3. The van der Waals surface area contributed by atoms with Crippen molar-refractivity contribution in [3.63, 3.8) is 0 Å². The molecule has 1 saturated carbocycles. The van der Waals surface area contributed by atoms with Gasteiger partial charge in [-0.05, 0) is 37.2 Å². The van der Waals surface area contributed by atoms with E-state index in [-0.39, 0.29) is 4.92 Å². The van der Waals surface area contributed by atoms with Crippen molar-refractivity contribution < 1.29 is 4.92 Å². The molecule has 0 aromatic heterocycles. The fraction of sp³-hybridized carbons (Fsp3) is 0.600. The maximum atomic E-state index is 11.3. The molecule has 5 heteroatoms. The molecule has 1 unspecified atom stereocenters. The zero-order chi connectivity index (χ0) is 17.4. The van der Waals surface area contributed by atoms with Crippen molar-refractivity contribution in [1.29, 1.82) is 0 Å². The van der Waals surface area contributed by atoms with Gasteiger partial charge in [0.15, 0.2) is 0 Å². The van der Waals surface area contributed by atoms with Crippen molar-refractivity contribution in [2.24, 2.45) is 5.92 Å². The number of benzene rings is 1. The Hall–Kier alpha value is -1.88. The normalized spacial score (nSPS) is 24.5. The highest BCUT2D eigenvalue weighted by atomic mass is 16.6. The summed E-state index contributed by atoms with van der Waals surface area (Å²) in [4.78, 5) is 16.0. The van der Waals surface area contributed by atoms with Crippen LogP contribution in [0.1, 0.15) is 49.3 Å². The van der Waals surface area contributed by atoms with E-state index >= 15 is 0 Å². The predicted octanol–water partition coefficient (Wildman–Crippen LogP) is 3.90. The quantitative estimate of drug-likeness (QED) is 0.615. The second kappa shape index (κ2) is 6.79. The third-order valence-corrected chi connectivity index (χ3v) is 6.40. The Balaban J connectivity index is 1.42. The first-order chi connectivity index (χ1) is 12.1. The third-order valence-electron chi connectivity index (χ3n) is 6.40. The average molecular weight is 341 g/mol. The highest BCUT2D eigenvalue weighted by Crippen LogP contribution is 2.41. The summed E-state index contributed by atoms with van der Waals surface area (Å²) in [6, 6.07) is 5.92. The highest BCUT2D eigenvalue weighted by molar-refractivity contribution is 5.49. The number of hydrogen-bond acceptors (Lipinski definition) is 4. The van der Waals surface area contributed by atoms with Gasteiger partial charge in [0.05, 0.1) is 4.92 Å². The van der Waals surface area contributed by atoms with Gasteiger partial charge in [0.25, 0.3) is 5.69 Å². The zero-order valence-electron chi connectivity index (χ0n) is 14.8. The van der Waals surface area contributed by atoms with E-state index in [2.05, 4.69) is 22.4 Å². The maximum Gasteiger partial charge on any atom is 0.272 e. The van der Waals surface area contributed by atoms with Crippen LogP contribution in [0.5, 0.6) is 0 Å². The van der Waals surface area contributed by atoms with Crippen LogP contribution in [0.2, 0.25) is 0 Å². The SMILES string of the molecule is C=C(C1CCCC1)N1CCN(C2CCc3c2cccc3[N+](=O)[O-])CC1. The summed E-state index contributed by atoms with van der Waals surface area (Å²) in [7, 11) is 0. The standard InChI is InChI=1S/C20H27N3O2/c1-15(16-5-2-3-6-16)21-11-13-22(14-12-21)19-10-9-18-17(19)7-4-8-20(18)23(24)25/h4,7-8,16,19H,1-3,5-6,9-14H2. The molecule has 1 heterocycles. The molecule has 0 bridgehead atoms. The van der Waals surface area contributed by atoms with Crippen molar-refractivity contribution in [1.82, 2.24) is 9.80 Å². The molecule has 5 nitrogen and oxygen atoms in total. The van der Waals surface area contributed by atoms with Crippen LogP contribution in [-0.4, -0.2) is 40.9 Å². The number of nitrogens with zero attached hydrogens (tertiary/aromatic N) is 3. The van der Waals surface area contributed by atoms with E-state index in [9.17, 15) is 10.1 Å². The monoisotopic (exact) mass is 341 g/mol. The average Bonchev–Trinajstić information content (AvgIpc) is 3.30. The number of allylic oxidation sites excluding steroid dienone is 1. The number of fused-ring (bicyclic) bond motifs is 1. The summed E-state index contributed by atoms with van der Waals surface area (Å²) in [6.07, 6.45) is 7.13.